The van der Waals surface area contributed by atoms with Crippen LogP contribution in [0.2, 0.25) is 0 Å². The first-order valence-corrected chi connectivity index (χ1v) is 7.85. The number of piperidine rings is 1. The van der Waals surface area contributed by atoms with Crippen LogP contribution in [0.5, 0.6) is 0 Å². The summed E-state index contributed by atoms with van der Waals surface area (Å²) >= 11 is 0. The standard InChI is InChI=1S/C16H32N2/c1-12-7-15(9-16(3,4)8-12)18-6-5-13(2)14(10-17)11-18/h12-15H,5-11,17H2,1-4H3. The van der Waals surface area contributed by atoms with Gasteiger partial charge in [0.2, 0.25) is 0 Å². The highest BCUT2D eigenvalue weighted by molar-refractivity contribution is 4.91. The van der Waals surface area contributed by atoms with E-state index in [-0.39, 0.29) is 0 Å². The molecule has 2 rings (SSSR count). The third kappa shape index (κ3) is 3.27. The van der Waals surface area contributed by atoms with Crippen LogP contribution in [0.1, 0.15) is 53.4 Å². The molecule has 4 atom stereocenters. The second-order valence-corrected chi connectivity index (χ2v) is 7.82. The molecule has 0 amide bonds. The first-order chi connectivity index (χ1) is 8.41. The molecular weight excluding hydrogens is 220 g/mol. The van der Waals surface area contributed by atoms with Crippen LogP contribution in [0.25, 0.3) is 0 Å². The van der Waals surface area contributed by atoms with Crippen LogP contribution in [-0.2, 0) is 0 Å². The fourth-order valence-corrected chi connectivity index (χ4v) is 4.39. The molecule has 0 aromatic rings. The van der Waals surface area contributed by atoms with Gasteiger partial charge < -0.3 is 10.6 Å². The molecule has 0 aromatic carbocycles. The van der Waals surface area contributed by atoms with Crippen molar-refractivity contribution in [3.63, 3.8) is 0 Å². The van der Waals surface area contributed by atoms with Crippen molar-refractivity contribution in [3.8, 4) is 0 Å². The third-order valence-electron chi connectivity index (χ3n) is 5.33. The molecule has 1 aliphatic carbocycles. The van der Waals surface area contributed by atoms with Gasteiger partial charge in [0.05, 0.1) is 0 Å². The van der Waals surface area contributed by atoms with Crippen LogP contribution in [0.4, 0.5) is 0 Å². The zero-order valence-electron chi connectivity index (χ0n) is 12.8. The van der Waals surface area contributed by atoms with Crippen molar-refractivity contribution in [2.24, 2.45) is 28.9 Å². The van der Waals surface area contributed by atoms with Crippen molar-refractivity contribution in [1.82, 2.24) is 4.90 Å². The molecule has 2 heteroatoms. The Morgan fingerprint density at radius 1 is 1.22 bits per heavy atom. The first kappa shape index (κ1) is 14.3. The maximum absolute atomic E-state index is 5.94. The first-order valence-electron chi connectivity index (χ1n) is 7.85. The van der Waals surface area contributed by atoms with Crippen molar-refractivity contribution < 1.29 is 0 Å². The van der Waals surface area contributed by atoms with Gasteiger partial charge in [-0.3, -0.25) is 0 Å². The Hall–Kier alpha value is -0.0800. The number of hydrogen-bond donors (Lipinski definition) is 1. The highest BCUT2D eigenvalue weighted by Crippen LogP contribution is 2.41. The molecular formula is C16H32N2. The quantitative estimate of drug-likeness (QED) is 0.818. The number of nitrogens with two attached hydrogens (primary N) is 1. The van der Waals surface area contributed by atoms with Crippen LogP contribution in [-0.4, -0.2) is 30.6 Å². The van der Waals surface area contributed by atoms with E-state index in [2.05, 4.69) is 32.6 Å². The Morgan fingerprint density at radius 3 is 2.56 bits per heavy atom. The van der Waals surface area contributed by atoms with Crippen LogP contribution in [0.3, 0.4) is 0 Å². The summed E-state index contributed by atoms with van der Waals surface area (Å²) in [5, 5.41) is 0. The molecule has 1 saturated carbocycles. The number of rotatable bonds is 2. The van der Waals surface area contributed by atoms with Gasteiger partial charge in [-0.25, -0.2) is 0 Å². The summed E-state index contributed by atoms with van der Waals surface area (Å²) < 4.78 is 0. The van der Waals surface area contributed by atoms with Gasteiger partial charge >= 0.3 is 0 Å². The van der Waals surface area contributed by atoms with E-state index in [1.807, 2.05) is 0 Å². The molecule has 2 aliphatic rings. The molecule has 0 bridgehead atoms. The topological polar surface area (TPSA) is 29.3 Å². The maximum Gasteiger partial charge on any atom is 0.0103 e. The normalized spacial score (nSPS) is 41.8. The molecule has 2 N–H and O–H groups in total. The molecule has 2 nitrogen and oxygen atoms in total. The molecule has 1 aliphatic heterocycles. The van der Waals surface area contributed by atoms with Crippen LogP contribution < -0.4 is 5.73 Å². The van der Waals surface area contributed by atoms with E-state index in [4.69, 9.17) is 5.73 Å². The van der Waals surface area contributed by atoms with Gasteiger partial charge in [0.25, 0.3) is 0 Å². The van der Waals surface area contributed by atoms with E-state index in [1.165, 1.54) is 38.8 Å². The third-order valence-corrected chi connectivity index (χ3v) is 5.33. The molecule has 18 heavy (non-hydrogen) atoms. The maximum atomic E-state index is 5.94. The number of likely N-dealkylation sites (tertiary alicyclic amines) is 1. The van der Waals surface area contributed by atoms with Gasteiger partial charge in [-0.2, -0.15) is 0 Å². The lowest BCUT2D eigenvalue weighted by atomic mass is 9.69. The Kier molecular flexibility index (Phi) is 4.38. The van der Waals surface area contributed by atoms with Crippen LogP contribution in [0, 0.1) is 23.2 Å². The molecule has 1 saturated heterocycles. The minimum atomic E-state index is 0.531. The van der Waals surface area contributed by atoms with E-state index < -0.39 is 0 Å². The minimum Gasteiger partial charge on any atom is -0.330 e. The highest BCUT2D eigenvalue weighted by Gasteiger charge is 2.37. The number of nitrogens with zero attached hydrogens (tertiary/aromatic N) is 1. The predicted molar refractivity (Wildman–Crippen MR) is 78.5 cm³/mol. The van der Waals surface area contributed by atoms with Crippen LogP contribution in [0.15, 0.2) is 0 Å². The summed E-state index contributed by atoms with van der Waals surface area (Å²) in [7, 11) is 0. The lowest BCUT2D eigenvalue weighted by Crippen LogP contribution is -2.50. The smallest absolute Gasteiger partial charge is 0.0103 e. The molecule has 0 radical (unpaired) electrons. The zero-order chi connectivity index (χ0) is 13.3. The largest absolute Gasteiger partial charge is 0.330 e. The molecule has 106 valence electrons. The van der Waals surface area contributed by atoms with Crippen molar-refractivity contribution in [2.45, 2.75) is 59.4 Å². The second-order valence-electron chi connectivity index (χ2n) is 7.82. The van der Waals surface area contributed by atoms with Gasteiger partial charge in [0.1, 0.15) is 0 Å². The van der Waals surface area contributed by atoms with Crippen LogP contribution >= 0.6 is 0 Å². The average Bonchev–Trinajstić information content (AvgIpc) is 2.27. The van der Waals surface area contributed by atoms with Gasteiger partial charge in [0.15, 0.2) is 0 Å². The molecule has 1 heterocycles. The van der Waals surface area contributed by atoms with Gasteiger partial charge in [-0.1, -0.05) is 27.7 Å². The fraction of sp³-hybridized carbons (Fsp3) is 1.00. The zero-order valence-corrected chi connectivity index (χ0v) is 12.8. The molecule has 4 unspecified atom stereocenters. The summed E-state index contributed by atoms with van der Waals surface area (Å²) in [6.07, 6.45) is 5.51. The Morgan fingerprint density at radius 2 is 1.94 bits per heavy atom. The summed E-state index contributed by atoms with van der Waals surface area (Å²) in [6.45, 7) is 13.1. The van der Waals surface area contributed by atoms with Crippen molar-refractivity contribution >= 4 is 0 Å². The van der Waals surface area contributed by atoms with Crippen molar-refractivity contribution in [3.05, 3.63) is 0 Å². The Balaban J connectivity index is 1.98. The average molecular weight is 252 g/mol. The van der Waals surface area contributed by atoms with E-state index in [0.29, 0.717) is 5.41 Å². The summed E-state index contributed by atoms with van der Waals surface area (Å²) in [6, 6.07) is 0.810. The summed E-state index contributed by atoms with van der Waals surface area (Å²) in [4.78, 5) is 2.76. The summed E-state index contributed by atoms with van der Waals surface area (Å²) in [5.41, 5.74) is 6.47. The minimum absolute atomic E-state index is 0.531. The van der Waals surface area contributed by atoms with Crippen molar-refractivity contribution in [2.75, 3.05) is 19.6 Å². The Bertz CT molecular complexity index is 274. The lowest BCUT2D eigenvalue weighted by molar-refractivity contribution is 0.0259. The summed E-state index contributed by atoms with van der Waals surface area (Å²) in [5.74, 6) is 2.42. The van der Waals surface area contributed by atoms with E-state index in [1.54, 1.807) is 0 Å². The van der Waals surface area contributed by atoms with E-state index >= 15 is 0 Å². The van der Waals surface area contributed by atoms with E-state index in [9.17, 15) is 0 Å². The van der Waals surface area contributed by atoms with Gasteiger partial charge in [-0.05, 0) is 61.9 Å². The number of hydrogen-bond acceptors (Lipinski definition) is 2. The predicted octanol–water partition coefficient (Wildman–Crippen LogP) is 3.12. The highest BCUT2D eigenvalue weighted by atomic mass is 15.2. The monoisotopic (exact) mass is 252 g/mol. The lowest BCUT2D eigenvalue weighted by Gasteiger charge is -2.47. The second kappa shape index (κ2) is 5.50. The van der Waals surface area contributed by atoms with E-state index in [0.717, 1.165) is 30.3 Å². The molecule has 0 spiro atoms. The fourth-order valence-electron chi connectivity index (χ4n) is 4.39. The van der Waals surface area contributed by atoms with Gasteiger partial charge in [0, 0.05) is 12.6 Å². The molecule has 2 fully saturated rings. The Labute approximate surface area is 113 Å². The molecule has 0 aromatic heterocycles. The van der Waals surface area contributed by atoms with Crippen molar-refractivity contribution in [1.29, 1.82) is 0 Å². The SMILES string of the molecule is CC1CC(N2CCC(C)C(CN)C2)CC(C)(C)C1. The van der Waals surface area contributed by atoms with Gasteiger partial charge in [-0.15, -0.1) is 0 Å².